The predicted octanol–water partition coefficient (Wildman–Crippen LogP) is 4.69. The Bertz CT molecular complexity index is 703. The molecular formula is C12H7Br2NO. The number of fused-ring (bicyclic) bond motifs is 3. The molecule has 0 atom stereocenters. The third-order valence-corrected chi connectivity index (χ3v) is 3.73. The molecule has 0 radical (unpaired) electrons. The summed E-state index contributed by atoms with van der Waals surface area (Å²) in [7, 11) is 0. The summed E-state index contributed by atoms with van der Waals surface area (Å²) in [4.78, 5) is 0. The summed E-state index contributed by atoms with van der Waals surface area (Å²) < 4.78 is 7.65. The van der Waals surface area contributed by atoms with Gasteiger partial charge in [-0.05, 0) is 40.2 Å². The molecule has 2 nitrogen and oxygen atoms in total. The third kappa shape index (κ3) is 1.44. The average Bonchev–Trinajstić information content (AvgIpc) is 2.57. The summed E-state index contributed by atoms with van der Waals surface area (Å²) in [5, 5.41) is 2.16. The number of nitrogens with two attached hydrogens (primary N) is 1. The van der Waals surface area contributed by atoms with Crippen LogP contribution in [0.25, 0.3) is 21.9 Å². The van der Waals surface area contributed by atoms with Crippen LogP contribution in [-0.4, -0.2) is 0 Å². The Morgan fingerprint density at radius 3 is 2.50 bits per heavy atom. The van der Waals surface area contributed by atoms with E-state index in [1.165, 1.54) is 0 Å². The van der Waals surface area contributed by atoms with Gasteiger partial charge in [0, 0.05) is 31.5 Å². The van der Waals surface area contributed by atoms with Crippen molar-refractivity contribution < 1.29 is 4.42 Å². The van der Waals surface area contributed by atoms with Crippen LogP contribution >= 0.6 is 31.9 Å². The van der Waals surface area contributed by atoms with Gasteiger partial charge in [-0.1, -0.05) is 15.9 Å². The van der Waals surface area contributed by atoms with E-state index in [4.69, 9.17) is 10.2 Å². The van der Waals surface area contributed by atoms with E-state index in [9.17, 15) is 0 Å². The molecule has 80 valence electrons. The summed E-state index contributed by atoms with van der Waals surface area (Å²) in [6.45, 7) is 0. The number of hydrogen-bond acceptors (Lipinski definition) is 2. The lowest BCUT2D eigenvalue weighted by Crippen LogP contribution is -1.84. The van der Waals surface area contributed by atoms with Crippen molar-refractivity contribution in [1.29, 1.82) is 0 Å². The maximum absolute atomic E-state index is 5.82. The largest absolute Gasteiger partial charge is 0.456 e. The summed E-state index contributed by atoms with van der Waals surface area (Å²) >= 11 is 6.88. The molecule has 16 heavy (non-hydrogen) atoms. The first kappa shape index (κ1) is 10.2. The zero-order chi connectivity index (χ0) is 11.3. The van der Waals surface area contributed by atoms with Crippen molar-refractivity contribution in [3.8, 4) is 0 Å². The van der Waals surface area contributed by atoms with Gasteiger partial charge in [0.15, 0.2) is 0 Å². The highest BCUT2D eigenvalue weighted by molar-refractivity contribution is 9.10. The van der Waals surface area contributed by atoms with E-state index in [-0.39, 0.29) is 0 Å². The molecule has 1 aromatic heterocycles. The molecule has 0 aliphatic rings. The minimum atomic E-state index is 0.686. The van der Waals surface area contributed by atoms with Gasteiger partial charge >= 0.3 is 0 Å². The molecule has 0 saturated heterocycles. The van der Waals surface area contributed by atoms with Gasteiger partial charge in [0.05, 0.1) is 0 Å². The Kier molecular flexibility index (Phi) is 2.23. The van der Waals surface area contributed by atoms with E-state index in [2.05, 4.69) is 31.9 Å². The Hall–Kier alpha value is -1.00. The van der Waals surface area contributed by atoms with Crippen LogP contribution in [0.3, 0.4) is 0 Å². The SMILES string of the molecule is Nc1cc2oc3ccc(Br)cc3c2cc1Br. The van der Waals surface area contributed by atoms with Gasteiger partial charge in [-0.25, -0.2) is 0 Å². The van der Waals surface area contributed by atoms with Crippen LogP contribution in [0, 0.1) is 0 Å². The fourth-order valence-electron chi connectivity index (χ4n) is 1.78. The maximum Gasteiger partial charge on any atom is 0.137 e. The lowest BCUT2D eigenvalue weighted by atomic mass is 10.1. The van der Waals surface area contributed by atoms with E-state index < -0.39 is 0 Å². The van der Waals surface area contributed by atoms with E-state index in [0.717, 1.165) is 30.9 Å². The first-order valence-electron chi connectivity index (χ1n) is 4.72. The molecule has 2 aromatic carbocycles. The zero-order valence-corrected chi connectivity index (χ0v) is 11.3. The van der Waals surface area contributed by atoms with Crippen molar-refractivity contribution in [3.63, 3.8) is 0 Å². The van der Waals surface area contributed by atoms with Gasteiger partial charge < -0.3 is 10.2 Å². The van der Waals surface area contributed by atoms with Gasteiger partial charge in [0.2, 0.25) is 0 Å². The second kappa shape index (κ2) is 3.50. The number of halogens is 2. The molecular weight excluding hydrogens is 334 g/mol. The lowest BCUT2D eigenvalue weighted by Gasteiger charge is -1.96. The minimum absolute atomic E-state index is 0.686. The highest BCUT2D eigenvalue weighted by atomic mass is 79.9. The van der Waals surface area contributed by atoms with E-state index >= 15 is 0 Å². The molecule has 0 aliphatic heterocycles. The number of hydrogen-bond donors (Lipinski definition) is 1. The van der Waals surface area contributed by atoms with E-state index in [1.54, 1.807) is 0 Å². The van der Waals surface area contributed by atoms with Gasteiger partial charge in [0.1, 0.15) is 11.2 Å². The molecule has 0 fully saturated rings. The molecule has 3 rings (SSSR count). The van der Waals surface area contributed by atoms with Crippen LogP contribution in [0.15, 0.2) is 43.7 Å². The van der Waals surface area contributed by atoms with Crippen molar-refractivity contribution >= 4 is 59.5 Å². The monoisotopic (exact) mass is 339 g/mol. The van der Waals surface area contributed by atoms with Gasteiger partial charge in [-0.3, -0.25) is 0 Å². The number of nitrogen functional groups attached to an aromatic ring is 1. The fourth-order valence-corrected chi connectivity index (χ4v) is 2.49. The van der Waals surface area contributed by atoms with Crippen molar-refractivity contribution in [2.75, 3.05) is 5.73 Å². The molecule has 2 N–H and O–H groups in total. The van der Waals surface area contributed by atoms with Crippen LogP contribution in [0.1, 0.15) is 0 Å². The molecule has 1 heterocycles. The van der Waals surface area contributed by atoms with Crippen molar-refractivity contribution in [1.82, 2.24) is 0 Å². The zero-order valence-electron chi connectivity index (χ0n) is 8.13. The first-order chi connectivity index (χ1) is 7.65. The highest BCUT2D eigenvalue weighted by Crippen LogP contribution is 2.34. The standard InChI is InChI=1S/C12H7Br2NO/c13-6-1-2-11-7(3-6)8-4-9(14)10(15)5-12(8)16-11/h1-5H,15H2. The summed E-state index contributed by atoms with van der Waals surface area (Å²) in [5.74, 6) is 0. The smallest absolute Gasteiger partial charge is 0.137 e. The normalized spacial score (nSPS) is 11.4. The van der Waals surface area contributed by atoms with Crippen LogP contribution in [0.2, 0.25) is 0 Å². The van der Waals surface area contributed by atoms with E-state index in [0.29, 0.717) is 5.69 Å². The lowest BCUT2D eigenvalue weighted by molar-refractivity contribution is 0.669. The van der Waals surface area contributed by atoms with Crippen LogP contribution in [0.5, 0.6) is 0 Å². The van der Waals surface area contributed by atoms with Gasteiger partial charge in [-0.15, -0.1) is 0 Å². The van der Waals surface area contributed by atoms with Crippen molar-refractivity contribution in [2.45, 2.75) is 0 Å². The Morgan fingerprint density at radius 1 is 0.938 bits per heavy atom. The number of furan rings is 1. The summed E-state index contributed by atoms with van der Waals surface area (Å²) in [6, 6.07) is 9.78. The topological polar surface area (TPSA) is 39.2 Å². The molecule has 3 aromatic rings. The van der Waals surface area contributed by atoms with Crippen molar-refractivity contribution in [3.05, 3.63) is 39.3 Å². The Morgan fingerprint density at radius 2 is 1.69 bits per heavy atom. The Labute approximate surface area is 109 Å². The molecule has 0 spiro atoms. The van der Waals surface area contributed by atoms with Crippen LogP contribution in [0.4, 0.5) is 5.69 Å². The van der Waals surface area contributed by atoms with Crippen LogP contribution in [-0.2, 0) is 0 Å². The van der Waals surface area contributed by atoms with E-state index in [1.807, 2.05) is 30.3 Å². The molecule has 0 amide bonds. The minimum Gasteiger partial charge on any atom is -0.456 e. The molecule has 0 unspecified atom stereocenters. The summed E-state index contributed by atoms with van der Waals surface area (Å²) in [6.07, 6.45) is 0. The molecule has 0 aliphatic carbocycles. The van der Waals surface area contributed by atoms with Gasteiger partial charge in [0.25, 0.3) is 0 Å². The number of rotatable bonds is 0. The summed E-state index contributed by atoms with van der Waals surface area (Å²) in [5.41, 5.74) is 8.19. The van der Waals surface area contributed by atoms with Gasteiger partial charge in [-0.2, -0.15) is 0 Å². The maximum atomic E-state index is 5.82. The Balaban J connectivity index is 2.53. The third-order valence-electron chi connectivity index (χ3n) is 2.55. The number of anilines is 1. The fraction of sp³-hybridized carbons (Fsp3) is 0. The average molecular weight is 341 g/mol. The molecule has 0 bridgehead atoms. The quantitative estimate of drug-likeness (QED) is 0.603. The van der Waals surface area contributed by atoms with Crippen molar-refractivity contribution in [2.24, 2.45) is 0 Å². The van der Waals surface area contributed by atoms with Crippen LogP contribution < -0.4 is 5.73 Å². The predicted molar refractivity (Wildman–Crippen MR) is 73.5 cm³/mol. The molecule has 4 heteroatoms. The highest BCUT2D eigenvalue weighted by Gasteiger charge is 2.09. The second-order valence-electron chi connectivity index (χ2n) is 3.61. The number of benzene rings is 2. The first-order valence-corrected chi connectivity index (χ1v) is 6.30. The molecule has 0 saturated carbocycles. The second-order valence-corrected chi connectivity index (χ2v) is 5.38.